The SMILES string of the molecule is CCOc1ccc(N2C(=O)CCS2(=O)=O)cc1S(=O)(=O)N1CCN(C=O)CC1. The summed E-state index contributed by atoms with van der Waals surface area (Å²) in [5.41, 5.74) is -0.0314. The molecule has 2 fully saturated rings. The predicted molar refractivity (Wildman–Crippen MR) is 99.9 cm³/mol. The molecule has 0 radical (unpaired) electrons. The second-order valence-corrected chi connectivity index (χ2v) is 10.2. The van der Waals surface area contributed by atoms with Crippen LogP contribution >= 0.6 is 0 Å². The average molecular weight is 431 g/mol. The van der Waals surface area contributed by atoms with E-state index in [1.165, 1.54) is 21.3 Å². The molecule has 0 N–H and O–H groups in total. The van der Waals surface area contributed by atoms with E-state index in [0.29, 0.717) is 10.7 Å². The number of sulfonamides is 2. The smallest absolute Gasteiger partial charge is 0.246 e. The van der Waals surface area contributed by atoms with Gasteiger partial charge in [0, 0.05) is 32.6 Å². The van der Waals surface area contributed by atoms with Gasteiger partial charge in [-0.1, -0.05) is 0 Å². The maximum atomic E-state index is 13.2. The molecule has 2 amide bonds. The number of ether oxygens (including phenoxy) is 1. The monoisotopic (exact) mass is 431 g/mol. The molecule has 1 aromatic carbocycles. The Balaban J connectivity index is 2.03. The van der Waals surface area contributed by atoms with Gasteiger partial charge in [-0.25, -0.2) is 21.1 Å². The van der Waals surface area contributed by atoms with Crippen molar-refractivity contribution >= 4 is 38.1 Å². The minimum absolute atomic E-state index is 0.0314. The largest absolute Gasteiger partial charge is 0.492 e. The van der Waals surface area contributed by atoms with Gasteiger partial charge in [0.1, 0.15) is 10.6 Å². The van der Waals surface area contributed by atoms with Gasteiger partial charge in [0.2, 0.25) is 32.4 Å². The summed E-state index contributed by atoms with van der Waals surface area (Å²) in [4.78, 5) is 24.2. The van der Waals surface area contributed by atoms with E-state index in [1.54, 1.807) is 6.92 Å². The first-order chi connectivity index (χ1) is 13.2. The first-order valence-corrected chi connectivity index (χ1v) is 11.8. The van der Waals surface area contributed by atoms with Crippen molar-refractivity contribution in [1.29, 1.82) is 0 Å². The fourth-order valence-electron chi connectivity index (χ4n) is 3.16. The summed E-state index contributed by atoms with van der Waals surface area (Å²) < 4.78 is 58.0. The molecule has 12 heteroatoms. The quantitative estimate of drug-likeness (QED) is 0.563. The van der Waals surface area contributed by atoms with Gasteiger partial charge < -0.3 is 9.64 Å². The molecule has 2 heterocycles. The zero-order chi connectivity index (χ0) is 20.5. The van der Waals surface area contributed by atoms with Crippen LogP contribution in [0.25, 0.3) is 0 Å². The van der Waals surface area contributed by atoms with Crippen molar-refractivity contribution in [2.75, 3.05) is 42.8 Å². The summed E-state index contributed by atoms with van der Waals surface area (Å²) in [6.07, 6.45) is 0.519. The van der Waals surface area contributed by atoms with Crippen molar-refractivity contribution in [3.8, 4) is 5.75 Å². The summed E-state index contributed by atoms with van der Waals surface area (Å²) in [6, 6.07) is 3.87. The Labute approximate surface area is 163 Å². The highest BCUT2D eigenvalue weighted by molar-refractivity contribution is 7.94. The van der Waals surface area contributed by atoms with Gasteiger partial charge in [0.05, 0.1) is 18.0 Å². The van der Waals surface area contributed by atoms with Gasteiger partial charge in [0.25, 0.3) is 0 Å². The molecule has 0 bridgehead atoms. The number of amides is 2. The summed E-state index contributed by atoms with van der Waals surface area (Å²) in [5, 5.41) is 0. The lowest BCUT2D eigenvalue weighted by atomic mass is 10.3. The third-order valence-electron chi connectivity index (χ3n) is 4.58. The van der Waals surface area contributed by atoms with E-state index in [1.807, 2.05) is 0 Å². The van der Waals surface area contributed by atoms with Crippen LogP contribution < -0.4 is 9.04 Å². The highest BCUT2D eigenvalue weighted by Crippen LogP contribution is 2.34. The van der Waals surface area contributed by atoms with Crippen LogP contribution in [0, 0.1) is 0 Å². The Morgan fingerprint density at radius 2 is 1.86 bits per heavy atom. The maximum Gasteiger partial charge on any atom is 0.246 e. The number of rotatable bonds is 6. The van der Waals surface area contributed by atoms with Crippen LogP contribution in [0.2, 0.25) is 0 Å². The van der Waals surface area contributed by atoms with Crippen molar-refractivity contribution in [1.82, 2.24) is 9.21 Å². The second kappa shape index (κ2) is 7.68. The van der Waals surface area contributed by atoms with Crippen LogP contribution in [0.4, 0.5) is 5.69 Å². The molecule has 154 valence electrons. The van der Waals surface area contributed by atoms with Crippen LogP contribution in [-0.2, 0) is 29.6 Å². The number of anilines is 1. The molecule has 28 heavy (non-hydrogen) atoms. The standard InChI is InChI=1S/C16H21N3O7S2/c1-2-26-14-4-3-13(19-16(21)5-10-27(19,22)23)11-15(14)28(24,25)18-8-6-17(12-20)7-9-18/h3-4,11-12H,2,5-10H2,1H3. The predicted octanol–water partition coefficient (Wildman–Crippen LogP) is -0.385. The van der Waals surface area contributed by atoms with E-state index < -0.39 is 26.0 Å². The van der Waals surface area contributed by atoms with Gasteiger partial charge in [-0.3, -0.25) is 9.59 Å². The van der Waals surface area contributed by atoms with Crippen LogP contribution in [0.15, 0.2) is 23.1 Å². The minimum Gasteiger partial charge on any atom is -0.492 e. The number of benzene rings is 1. The van der Waals surface area contributed by atoms with Gasteiger partial charge >= 0.3 is 0 Å². The van der Waals surface area contributed by atoms with Gasteiger partial charge in [-0.15, -0.1) is 0 Å². The highest BCUT2D eigenvalue weighted by Gasteiger charge is 2.38. The third-order valence-corrected chi connectivity index (χ3v) is 8.19. The lowest BCUT2D eigenvalue weighted by Gasteiger charge is -2.32. The lowest BCUT2D eigenvalue weighted by Crippen LogP contribution is -2.48. The fraction of sp³-hybridized carbons (Fsp3) is 0.500. The molecule has 0 spiro atoms. The first-order valence-electron chi connectivity index (χ1n) is 8.73. The molecule has 3 rings (SSSR count). The summed E-state index contributed by atoms with van der Waals surface area (Å²) in [6.45, 7) is 2.63. The molecule has 2 aliphatic rings. The van der Waals surface area contributed by atoms with Crippen molar-refractivity contribution in [2.45, 2.75) is 18.2 Å². The Bertz CT molecular complexity index is 983. The van der Waals surface area contributed by atoms with Crippen LogP contribution in [0.5, 0.6) is 5.75 Å². The molecule has 2 saturated heterocycles. The molecule has 0 aromatic heterocycles. The number of carbonyl (C=O) groups is 2. The molecule has 0 aliphatic carbocycles. The highest BCUT2D eigenvalue weighted by atomic mass is 32.2. The zero-order valence-corrected chi connectivity index (χ0v) is 16.9. The summed E-state index contributed by atoms with van der Waals surface area (Å²) >= 11 is 0. The van der Waals surface area contributed by atoms with Crippen LogP contribution in [0.1, 0.15) is 13.3 Å². The minimum atomic E-state index is -4.02. The lowest BCUT2D eigenvalue weighted by molar-refractivity contribution is -0.119. The van der Waals surface area contributed by atoms with Crippen LogP contribution in [0.3, 0.4) is 0 Å². The molecule has 10 nitrogen and oxygen atoms in total. The second-order valence-electron chi connectivity index (χ2n) is 6.33. The number of nitrogens with zero attached hydrogens (tertiary/aromatic N) is 3. The van der Waals surface area contributed by atoms with E-state index in [9.17, 15) is 26.4 Å². The molecular weight excluding hydrogens is 410 g/mol. The molecule has 0 unspecified atom stereocenters. The number of hydrogen-bond acceptors (Lipinski definition) is 7. The topological polar surface area (TPSA) is 121 Å². The Morgan fingerprint density at radius 3 is 2.39 bits per heavy atom. The third kappa shape index (κ3) is 3.71. The zero-order valence-electron chi connectivity index (χ0n) is 15.3. The number of hydrogen-bond donors (Lipinski definition) is 0. The van der Waals surface area contributed by atoms with E-state index in [2.05, 4.69) is 0 Å². The molecule has 1 aromatic rings. The van der Waals surface area contributed by atoms with Crippen molar-refractivity contribution in [3.63, 3.8) is 0 Å². The number of carbonyl (C=O) groups excluding carboxylic acids is 2. The van der Waals surface area contributed by atoms with Crippen LogP contribution in [-0.4, -0.2) is 76.9 Å². The normalized spacial score (nSPS) is 20.4. The fourth-order valence-corrected chi connectivity index (χ4v) is 6.18. The van der Waals surface area contributed by atoms with Gasteiger partial charge in [-0.05, 0) is 25.1 Å². The van der Waals surface area contributed by atoms with E-state index in [-0.39, 0.29) is 61.3 Å². The molecular formula is C16H21N3O7S2. The molecule has 2 aliphatic heterocycles. The van der Waals surface area contributed by atoms with Gasteiger partial charge in [0.15, 0.2) is 0 Å². The Kier molecular flexibility index (Phi) is 5.64. The maximum absolute atomic E-state index is 13.2. The van der Waals surface area contributed by atoms with E-state index in [0.717, 1.165) is 6.07 Å². The average Bonchev–Trinajstić information content (AvgIpc) is 2.95. The first kappa shape index (κ1) is 20.6. The van der Waals surface area contributed by atoms with Gasteiger partial charge in [-0.2, -0.15) is 4.31 Å². The Morgan fingerprint density at radius 1 is 1.18 bits per heavy atom. The molecule has 0 atom stereocenters. The van der Waals surface area contributed by atoms with Crippen molar-refractivity contribution < 1.29 is 31.2 Å². The Hall–Kier alpha value is -2.18. The van der Waals surface area contributed by atoms with E-state index >= 15 is 0 Å². The molecule has 0 saturated carbocycles. The summed E-state index contributed by atoms with van der Waals surface area (Å²) in [7, 11) is -7.84. The van der Waals surface area contributed by atoms with Crippen molar-refractivity contribution in [3.05, 3.63) is 18.2 Å². The van der Waals surface area contributed by atoms with E-state index in [4.69, 9.17) is 4.74 Å². The van der Waals surface area contributed by atoms with Crippen molar-refractivity contribution in [2.24, 2.45) is 0 Å². The number of piperazine rings is 1. The summed E-state index contributed by atoms with van der Waals surface area (Å²) in [5.74, 6) is -0.838.